The Labute approximate surface area is 184 Å². The van der Waals surface area contributed by atoms with E-state index in [-0.39, 0.29) is 5.91 Å². The zero-order valence-electron chi connectivity index (χ0n) is 17.2. The molecule has 0 fully saturated rings. The summed E-state index contributed by atoms with van der Waals surface area (Å²) >= 11 is 1.36. The van der Waals surface area contributed by atoms with Crippen molar-refractivity contribution in [1.29, 1.82) is 0 Å². The molecule has 3 N–H and O–H groups in total. The zero-order chi connectivity index (χ0) is 21.4. The fraction of sp³-hybridized carbons (Fsp3) is 0.200. The molecule has 0 saturated heterocycles. The second-order valence-electron chi connectivity index (χ2n) is 7.82. The Bertz CT molecular complexity index is 1250. The number of ether oxygens (including phenoxy) is 1. The third-order valence-electron chi connectivity index (χ3n) is 5.91. The Morgan fingerprint density at radius 3 is 2.68 bits per heavy atom. The molecule has 6 heteroatoms. The van der Waals surface area contributed by atoms with Crippen LogP contribution < -0.4 is 15.8 Å². The van der Waals surface area contributed by atoms with Crippen LogP contribution in [0.25, 0.3) is 10.2 Å². The number of nitrogens with zero attached hydrogens (tertiary/aromatic N) is 1. The molecule has 2 aromatic carbocycles. The normalized spacial score (nSPS) is 15.5. The van der Waals surface area contributed by atoms with E-state index in [0.29, 0.717) is 22.2 Å². The van der Waals surface area contributed by atoms with Crippen LogP contribution in [0, 0.1) is 0 Å². The van der Waals surface area contributed by atoms with Crippen molar-refractivity contribution in [2.45, 2.75) is 25.2 Å². The molecular formula is C25H23N3O2S. The number of anilines is 2. The molecule has 1 atom stereocenters. The van der Waals surface area contributed by atoms with Crippen LogP contribution in [0.3, 0.4) is 0 Å². The molecule has 0 saturated carbocycles. The summed E-state index contributed by atoms with van der Waals surface area (Å²) in [5.41, 5.74) is 11.3. The number of hydrogen-bond acceptors (Lipinski definition) is 5. The Morgan fingerprint density at radius 1 is 1.16 bits per heavy atom. The molecule has 5 nitrogen and oxygen atoms in total. The minimum Gasteiger partial charge on any atom is -0.497 e. The average molecular weight is 430 g/mol. The number of hydrogen-bond donors (Lipinski definition) is 2. The first kappa shape index (κ1) is 19.6. The number of rotatable bonds is 4. The summed E-state index contributed by atoms with van der Waals surface area (Å²) in [6, 6.07) is 20.0. The standard InChI is InChI=1S/C25H23N3O2S/c1-30-19-10-8-18(9-11-19)27-24(29)23-22(26)20-14-17-13-16(15-5-3-2-4-6-15)7-12-21(17)28-25(20)31-23/h2-6,8-11,14,16H,7,12-13,26H2,1H3,(H,27,29). The van der Waals surface area contributed by atoms with Gasteiger partial charge in [-0.05, 0) is 66.6 Å². The summed E-state index contributed by atoms with van der Waals surface area (Å²) in [5.74, 6) is 1.01. The van der Waals surface area contributed by atoms with Gasteiger partial charge in [-0.3, -0.25) is 4.79 Å². The SMILES string of the molecule is COc1ccc(NC(=O)c2sc3nc4c(cc3c2N)CC(c2ccccc2)CC4)cc1. The van der Waals surface area contributed by atoms with Gasteiger partial charge in [-0.1, -0.05) is 30.3 Å². The van der Waals surface area contributed by atoms with Crippen molar-refractivity contribution >= 4 is 38.8 Å². The van der Waals surface area contributed by atoms with Crippen LogP contribution in [0.15, 0.2) is 60.7 Å². The highest BCUT2D eigenvalue weighted by atomic mass is 32.1. The second-order valence-corrected chi connectivity index (χ2v) is 8.82. The third kappa shape index (κ3) is 3.75. The maximum absolute atomic E-state index is 12.9. The van der Waals surface area contributed by atoms with Gasteiger partial charge in [0.15, 0.2) is 0 Å². The number of carbonyl (C=O) groups excluding carboxylic acids is 1. The molecule has 31 heavy (non-hydrogen) atoms. The van der Waals surface area contributed by atoms with E-state index < -0.39 is 0 Å². The first-order chi connectivity index (χ1) is 15.1. The van der Waals surface area contributed by atoms with Gasteiger partial charge in [0.05, 0.1) is 12.8 Å². The van der Waals surface area contributed by atoms with Gasteiger partial charge >= 0.3 is 0 Å². The number of benzene rings is 2. The molecule has 1 aliphatic rings. The minimum atomic E-state index is -0.217. The van der Waals surface area contributed by atoms with E-state index in [9.17, 15) is 4.79 Å². The third-order valence-corrected chi connectivity index (χ3v) is 7.02. The van der Waals surface area contributed by atoms with Crippen molar-refractivity contribution < 1.29 is 9.53 Å². The lowest BCUT2D eigenvalue weighted by Gasteiger charge is -2.24. The molecular weight excluding hydrogens is 406 g/mol. The molecule has 1 unspecified atom stereocenters. The number of nitrogens with two attached hydrogens (primary N) is 1. The minimum absolute atomic E-state index is 0.217. The number of carbonyl (C=O) groups is 1. The number of amides is 1. The van der Waals surface area contributed by atoms with Crippen molar-refractivity contribution in [1.82, 2.24) is 4.98 Å². The van der Waals surface area contributed by atoms with Crippen LogP contribution in [-0.2, 0) is 12.8 Å². The van der Waals surface area contributed by atoms with Crippen molar-refractivity contribution in [3.8, 4) is 5.75 Å². The van der Waals surface area contributed by atoms with Gasteiger partial charge in [0.2, 0.25) is 0 Å². The van der Waals surface area contributed by atoms with Crippen LogP contribution in [0.4, 0.5) is 11.4 Å². The molecule has 1 amide bonds. The van der Waals surface area contributed by atoms with E-state index in [1.807, 2.05) is 12.1 Å². The predicted octanol–water partition coefficient (Wildman–Crippen LogP) is 5.41. The molecule has 0 spiro atoms. The molecule has 156 valence electrons. The van der Waals surface area contributed by atoms with Crippen molar-refractivity contribution in [3.63, 3.8) is 0 Å². The Balaban J connectivity index is 1.42. The number of pyridine rings is 1. The molecule has 4 aromatic rings. The smallest absolute Gasteiger partial charge is 0.267 e. The van der Waals surface area contributed by atoms with Gasteiger partial charge in [0, 0.05) is 16.8 Å². The van der Waals surface area contributed by atoms with Crippen LogP contribution in [-0.4, -0.2) is 18.0 Å². The van der Waals surface area contributed by atoms with Crippen molar-refractivity contribution in [3.05, 3.63) is 82.4 Å². The summed E-state index contributed by atoms with van der Waals surface area (Å²) < 4.78 is 5.16. The highest BCUT2D eigenvalue weighted by molar-refractivity contribution is 7.21. The van der Waals surface area contributed by atoms with Gasteiger partial charge in [-0.15, -0.1) is 11.3 Å². The summed E-state index contributed by atoms with van der Waals surface area (Å²) in [4.78, 5) is 19.1. The van der Waals surface area contributed by atoms with E-state index >= 15 is 0 Å². The summed E-state index contributed by atoms with van der Waals surface area (Å²) in [5, 5.41) is 3.79. The molecule has 0 aliphatic heterocycles. The molecule has 0 radical (unpaired) electrons. The first-order valence-corrected chi connectivity index (χ1v) is 11.1. The zero-order valence-corrected chi connectivity index (χ0v) is 18.0. The quantitative estimate of drug-likeness (QED) is 0.455. The van der Waals surface area contributed by atoms with E-state index in [2.05, 4.69) is 41.7 Å². The molecule has 2 aromatic heterocycles. The topological polar surface area (TPSA) is 77.2 Å². The number of nitrogen functional groups attached to an aromatic ring is 1. The van der Waals surface area contributed by atoms with Gasteiger partial charge in [-0.25, -0.2) is 4.98 Å². The van der Waals surface area contributed by atoms with Crippen LogP contribution in [0.1, 0.15) is 38.8 Å². The van der Waals surface area contributed by atoms with E-state index in [1.165, 1.54) is 22.5 Å². The highest BCUT2D eigenvalue weighted by Crippen LogP contribution is 2.38. The monoisotopic (exact) mass is 429 g/mol. The predicted molar refractivity (Wildman–Crippen MR) is 126 cm³/mol. The Hall–Kier alpha value is -3.38. The fourth-order valence-electron chi connectivity index (χ4n) is 4.23. The lowest BCUT2D eigenvalue weighted by Crippen LogP contribution is -2.14. The molecule has 5 rings (SSSR count). The van der Waals surface area contributed by atoms with Gasteiger partial charge in [0.25, 0.3) is 5.91 Å². The van der Waals surface area contributed by atoms with Crippen LogP contribution in [0.2, 0.25) is 0 Å². The average Bonchev–Trinajstić information content (AvgIpc) is 3.14. The summed E-state index contributed by atoms with van der Waals surface area (Å²) in [7, 11) is 1.61. The summed E-state index contributed by atoms with van der Waals surface area (Å²) in [6.07, 6.45) is 2.97. The van der Waals surface area contributed by atoms with Crippen molar-refractivity contribution in [2.24, 2.45) is 0 Å². The maximum atomic E-state index is 12.9. The molecule has 0 bridgehead atoms. The van der Waals surface area contributed by atoms with E-state index in [4.69, 9.17) is 15.5 Å². The van der Waals surface area contributed by atoms with E-state index in [0.717, 1.165) is 40.9 Å². The number of aryl methyl sites for hydroxylation is 1. The Kier molecular flexibility index (Phi) is 5.08. The van der Waals surface area contributed by atoms with Gasteiger partial charge in [-0.2, -0.15) is 0 Å². The second kappa shape index (κ2) is 8.04. The Morgan fingerprint density at radius 2 is 1.94 bits per heavy atom. The number of thiophene rings is 1. The lowest BCUT2D eigenvalue weighted by molar-refractivity contribution is 0.103. The molecule has 2 heterocycles. The number of aromatic nitrogens is 1. The summed E-state index contributed by atoms with van der Waals surface area (Å²) in [6.45, 7) is 0. The largest absolute Gasteiger partial charge is 0.497 e. The highest BCUT2D eigenvalue weighted by Gasteiger charge is 2.24. The fourth-order valence-corrected chi connectivity index (χ4v) is 5.22. The van der Waals surface area contributed by atoms with Crippen LogP contribution >= 0.6 is 11.3 Å². The lowest BCUT2D eigenvalue weighted by atomic mass is 9.82. The van der Waals surface area contributed by atoms with Crippen molar-refractivity contribution in [2.75, 3.05) is 18.2 Å². The number of nitrogens with one attached hydrogen (secondary N) is 1. The number of fused-ring (bicyclic) bond motifs is 2. The van der Waals surface area contributed by atoms with Gasteiger partial charge in [0.1, 0.15) is 15.5 Å². The van der Waals surface area contributed by atoms with Gasteiger partial charge < -0.3 is 15.8 Å². The maximum Gasteiger partial charge on any atom is 0.267 e. The first-order valence-electron chi connectivity index (χ1n) is 10.3. The molecule has 1 aliphatic carbocycles. The van der Waals surface area contributed by atoms with E-state index in [1.54, 1.807) is 19.2 Å². The van der Waals surface area contributed by atoms with Crippen LogP contribution in [0.5, 0.6) is 5.75 Å². The number of methoxy groups -OCH3 is 1.